The minimum absolute atomic E-state index is 0.315. The molecule has 7 nitrogen and oxygen atoms in total. The highest BCUT2D eigenvalue weighted by Crippen LogP contribution is 2.42. The number of aromatic nitrogens is 2. The van der Waals surface area contributed by atoms with E-state index in [4.69, 9.17) is 26.1 Å². The van der Waals surface area contributed by atoms with Gasteiger partial charge in [0.15, 0.2) is 0 Å². The highest BCUT2D eigenvalue weighted by molar-refractivity contribution is 6.18. The van der Waals surface area contributed by atoms with E-state index >= 15 is 0 Å². The van der Waals surface area contributed by atoms with Gasteiger partial charge in [-0.15, -0.1) is 0 Å². The lowest BCUT2D eigenvalue weighted by molar-refractivity contribution is 0.685. The number of aliphatic imine (C=N–C) groups is 1. The van der Waals surface area contributed by atoms with Crippen molar-refractivity contribution < 1.29 is 0 Å². The summed E-state index contributed by atoms with van der Waals surface area (Å²) in [5.74, 6) is 1.13. The molecule has 6 aromatic carbocycles. The van der Waals surface area contributed by atoms with E-state index in [1.54, 1.807) is 0 Å². The average molecular weight is 688 g/mol. The molecule has 7 heteroatoms. The van der Waals surface area contributed by atoms with Crippen LogP contribution in [-0.2, 0) is 6.54 Å². The Labute approximate surface area is 308 Å². The van der Waals surface area contributed by atoms with E-state index in [0.29, 0.717) is 18.1 Å². The molecular formula is C46H37N7. The van der Waals surface area contributed by atoms with Crippen LogP contribution in [0.4, 0.5) is 17.2 Å². The zero-order valence-corrected chi connectivity index (χ0v) is 29.0. The molecule has 0 aliphatic rings. The molecule has 8 aromatic rings. The fraction of sp³-hybridized carbons (Fsp3) is 0.0435. The highest BCUT2D eigenvalue weighted by atomic mass is 15.2. The molecule has 1 atom stereocenters. The molecule has 2 heterocycles. The SMILES string of the molecule is N=C(NC(/N=C/c1ccccc1)c1ccc(-c2ccc(CN(c3ccccn3)c3c(N)c4cccnc4c4ccccc34)cc2)cc1)c1ccccc1. The zero-order chi connectivity index (χ0) is 36.0. The van der Waals surface area contributed by atoms with E-state index in [9.17, 15) is 0 Å². The van der Waals surface area contributed by atoms with Crippen molar-refractivity contribution in [1.29, 1.82) is 5.41 Å². The van der Waals surface area contributed by atoms with Gasteiger partial charge in [-0.1, -0.05) is 140 Å². The molecule has 8 rings (SSSR count). The Kier molecular flexibility index (Phi) is 9.36. The topological polar surface area (TPSA) is 103 Å². The Morgan fingerprint density at radius 3 is 2.00 bits per heavy atom. The van der Waals surface area contributed by atoms with Crippen molar-refractivity contribution in [3.8, 4) is 11.1 Å². The molecule has 0 bridgehead atoms. The van der Waals surface area contributed by atoms with Gasteiger partial charge in [-0.2, -0.15) is 0 Å². The third-order valence-corrected chi connectivity index (χ3v) is 9.36. The Bertz CT molecular complexity index is 2520. The lowest BCUT2D eigenvalue weighted by Crippen LogP contribution is -2.27. The Morgan fingerprint density at radius 1 is 0.660 bits per heavy atom. The van der Waals surface area contributed by atoms with Crippen LogP contribution in [0.2, 0.25) is 0 Å². The fourth-order valence-electron chi connectivity index (χ4n) is 6.66. The highest BCUT2D eigenvalue weighted by Gasteiger charge is 2.21. The maximum absolute atomic E-state index is 8.73. The van der Waals surface area contributed by atoms with Crippen LogP contribution in [-0.4, -0.2) is 22.0 Å². The Balaban J connectivity index is 1.08. The first kappa shape index (κ1) is 33.0. The van der Waals surface area contributed by atoms with Gasteiger partial charge >= 0.3 is 0 Å². The summed E-state index contributed by atoms with van der Waals surface area (Å²) in [5, 5.41) is 15.0. The second-order valence-corrected chi connectivity index (χ2v) is 12.8. The minimum Gasteiger partial charge on any atom is -0.396 e. The molecule has 0 radical (unpaired) electrons. The molecule has 0 amide bonds. The van der Waals surface area contributed by atoms with E-state index in [2.05, 4.69) is 70.9 Å². The van der Waals surface area contributed by atoms with Crippen LogP contribution in [0.1, 0.15) is 28.4 Å². The van der Waals surface area contributed by atoms with Gasteiger partial charge in [-0.25, -0.2) is 4.98 Å². The van der Waals surface area contributed by atoms with Crippen molar-refractivity contribution in [2.75, 3.05) is 10.6 Å². The van der Waals surface area contributed by atoms with Gasteiger partial charge in [0, 0.05) is 46.9 Å². The molecular weight excluding hydrogens is 651 g/mol. The van der Waals surface area contributed by atoms with E-state index in [0.717, 1.165) is 66.6 Å². The lowest BCUT2D eigenvalue weighted by Gasteiger charge is -2.28. The fourth-order valence-corrected chi connectivity index (χ4v) is 6.66. The summed E-state index contributed by atoms with van der Waals surface area (Å²) < 4.78 is 0. The van der Waals surface area contributed by atoms with Crippen LogP contribution in [0.15, 0.2) is 181 Å². The molecule has 4 N–H and O–H groups in total. The van der Waals surface area contributed by atoms with Crippen LogP contribution in [0.5, 0.6) is 0 Å². The number of pyridine rings is 2. The molecule has 0 aliphatic carbocycles. The molecule has 0 aliphatic heterocycles. The largest absolute Gasteiger partial charge is 0.396 e. The number of hydrogen-bond acceptors (Lipinski definition) is 6. The quantitative estimate of drug-likeness (QED) is 0.0437. The van der Waals surface area contributed by atoms with Crippen molar-refractivity contribution in [2.45, 2.75) is 12.7 Å². The first-order valence-corrected chi connectivity index (χ1v) is 17.5. The summed E-state index contributed by atoms with van der Waals surface area (Å²) in [6, 6.07) is 54.9. The molecule has 1 unspecified atom stereocenters. The minimum atomic E-state index is -0.439. The molecule has 53 heavy (non-hydrogen) atoms. The van der Waals surface area contributed by atoms with Crippen LogP contribution in [0.3, 0.4) is 0 Å². The predicted octanol–water partition coefficient (Wildman–Crippen LogP) is 10.1. The second-order valence-electron chi connectivity index (χ2n) is 12.8. The zero-order valence-electron chi connectivity index (χ0n) is 29.0. The van der Waals surface area contributed by atoms with E-state index < -0.39 is 6.17 Å². The number of rotatable bonds is 10. The standard InChI is InChI=1S/C46H37N7/c47-42-40-18-11-29-50-43(40)38-16-7-8-17-39(38)44(42)53(41-19-9-10-28-49-41)31-33-20-22-34(23-21-33)35-24-26-37(27-25-35)46(51-30-32-12-3-1-4-13-32)52-45(48)36-14-5-2-6-15-36/h1-30,46H,31,47H2,(H2,48,52)/b51-30+. The molecule has 2 aromatic heterocycles. The summed E-state index contributed by atoms with van der Waals surface area (Å²) in [7, 11) is 0. The van der Waals surface area contributed by atoms with Gasteiger partial charge in [0.25, 0.3) is 0 Å². The second kappa shape index (κ2) is 15.0. The molecule has 256 valence electrons. The van der Waals surface area contributed by atoms with Crippen LogP contribution in [0.25, 0.3) is 32.8 Å². The third kappa shape index (κ3) is 7.09. The summed E-state index contributed by atoms with van der Waals surface area (Å²) in [6.07, 6.45) is 5.04. The smallest absolute Gasteiger partial charge is 0.145 e. The van der Waals surface area contributed by atoms with Crippen LogP contribution in [0, 0.1) is 5.41 Å². The molecule has 0 spiro atoms. The van der Waals surface area contributed by atoms with E-state index in [1.165, 1.54) is 0 Å². The molecule has 0 saturated carbocycles. The molecule has 0 fully saturated rings. The summed E-state index contributed by atoms with van der Waals surface area (Å²) in [5.41, 5.74) is 15.5. The number of hydrogen-bond donors (Lipinski definition) is 3. The number of anilines is 3. The monoisotopic (exact) mass is 687 g/mol. The average Bonchev–Trinajstić information content (AvgIpc) is 3.23. The Morgan fingerprint density at radius 2 is 1.28 bits per heavy atom. The van der Waals surface area contributed by atoms with Gasteiger partial charge in [0.05, 0.1) is 16.9 Å². The van der Waals surface area contributed by atoms with Gasteiger partial charge in [-0.05, 0) is 52.1 Å². The summed E-state index contributed by atoms with van der Waals surface area (Å²) in [6.45, 7) is 0.566. The maximum Gasteiger partial charge on any atom is 0.145 e. The van der Waals surface area contributed by atoms with Crippen molar-refractivity contribution in [2.24, 2.45) is 4.99 Å². The number of nitrogens with zero attached hydrogens (tertiary/aromatic N) is 4. The number of fused-ring (bicyclic) bond motifs is 3. The predicted molar refractivity (Wildman–Crippen MR) is 219 cm³/mol. The number of nitrogen functional groups attached to an aromatic ring is 1. The number of amidine groups is 1. The van der Waals surface area contributed by atoms with Gasteiger partial charge in [0.2, 0.25) is 0 Å². The maximum atomic E-state index is 8.73. The van der Waals surface area contributed by atoms with Crippen LogP contribution < -0.4 is 16.0 Å². The van der Waals surface area contributed by atoms with Crippen LogP contribution >= 0.6 is 0 Å². The first-order chi connectivity index (χ1) is 26.1. The van der Waals surface area contributed by atoms with E-state index in [-0.39, 0.29) is 0 Å². The van der Waals surface area contributed by atoms with E-state index in [1.807, 2.05) is 122 Å². The van der Waals surface area contributed by atoms with Gasteiger partial charge < -0.3 is 16.0 Å². The number of nitrogens with one attached hydrogen (secondary N) is 2. The number of nitrogens with two attached hydrogens (primary N) is 1. The van der Waals surface area contributed by atoms with Crippen molar-refractivity contribution in [3.05, 3.63) is 198 Å². The van der Waals surface area contributed by atoms with Gasteiger partial charge in [-0.3, -0.25) is 15.4 Å². The number of benzene rings is 6. The third-order valence-electron chi connectivity index (χ3n) is 9.36. The lowest BCUT2D eigenvalue weighted by atomic mass is 9.99. The molecule has 0 saturated heterocycles. The van der Waals surface area contributed by atoms with Gasteiger partial charge in [0.1, 0.15) is 17.8 Å². The summed E-state index contributed by atoms with van der Waals surface area (Å²) >= 11 is 0. The van der Waals surface area contributed by atoms with Crippen molar-refractivity contribution in [3.63, 3.8) is 0 Å². The normalized spacial score (nSPS) is 11.8. The first-order valence-electron chi connectivity index (χ1n) is 17.5. The Hall–Kier alpha value is -7.12. The van der Waals surface area contributed by atoms with Crippen molar-refractivity contribution >= 4 is 50.9 Å². The van der Waals surface area contributed by atoms with Crippen molar-refractivity contribution in [1.82, 2.24) is 15.3 Å². The summed E-state index contributed by atoms with van der Waals surface area (Å²) in [4.78, 5) is 16.5.